The molecule has 0 unspecified atom stereocenters. The Morgan fingerprint density at radius 2 is 1.89 bits per heavy atom. The highest BCUT2D eigenvalue weighted by Gasteiger charge is 2.24. The maximum absolute atomic E-state index is 14.3. The second-order valence-corrected chi connectivity index (χ2v) is 7.65. The highest BCUT2D eigenvalue weighted by Crippen LogP contribution is 2.27. The van der Waals surface area contributed by atoms with Gasteiger partial charge < -0.3 is 10.1 Å². The molecule has 0 radical (unpaired) electrons. The van der Waals surface area contributed by atoms with Crippen LogP contribution >= 0.6 is 0 Å². The van der Waals surface area contributed by atoms with E-state index in [-0.39, 0.29) is 35.0 Å². The van der Waals surface area contributed by atoms with E-state index in [1.807, 2.05) is 6.07 Å². The largest absolute Gasteiger partial charge is 0.495 e. The number of rotatable bonds is 7. The first-order valence-electron chi connectivity index (χ1n) is 8.47. The molecule has 0 fully saturated rings. The lowest BCUT2D eigenvalue weighted by molar-refractivity contribution is 0.102. The molecule has 28 heavy (non-hydrogen) atoms. The van der Waals surface area contributed by atoms with Gasteiger partial charge in [-0.2, -0.15) is 9.57 Å². The molecule has 2 rings (SSSR count). The number of benzene rings is 2. The molecule has 1 amide bonds. The number of amides is 1. The molecule has 0 atom stereocenters. The van der Waals surface area contributed by atoms with Crippen molar-refractivity contribution in [1.82, 2.24) is 4.31 Å². The summed E-state index contributed by atoms with van der Waals surface area (Å²) in [5.74, 6) is -1.45. The highest BCUT2D eigenvalue weighted by molar-refractivity contribution is 7.89. The van der Waals surface area contributed by atoms with Gasteiger partial charge in [0.25, 0.3) is 5.91 Å². The van der Waals surface area contributed by atoms with Crippen LogP contribution in [0, 0.1) is 17.1 Å². The van der Waals surface area contributed by atoms with Crippen molar-refractivity contribution in [3.8, 4) is 11.8 Å². The maximum atomic E-state index is 14.3. The van der Waals surface area contributed by atoms with Gasteiger partial charge >= 0.3 is 0 Å². The average molecular weight is 405 g/mol. The highest BCUT2D eigenvalue weighted by atomic mass is 32.2. The third-order valence-corrected chi connectivity index (χ3v) is 6.15. The van der Waals surface area contributed by atoms with Crippen LogP contribution < -0.4 is 10.1 Å². The van der Waals surface area contributed by atoms with Gasteiger partial charge in [0.1, 0.15) is 11.6 Å². The zero-order valence-electron chi connectivity index (χ0n) is 15.7. The lowest BCUT2D eigenvalue weighted by Crippen LogP contribution is -2.31. The topological polar surface area (TPSA) is 99.5 Å². The summed E-state index contributed by atoms with van der Waals surface area (Å²) in [6.45, 7) is 3.87. The van der Waals surface area contributed by atoms with E-state index in [9.17, 15) is 17.6 Å². The van der Waals surface area contributed by atoms with Gasteiger partial charge in [-0.05, 0) is 36.4 Å². The minimum Gasteiger partial charge on any atom is -0.495 e. The summed E-state index contributed by atoms with van der Waals surface area (Å²) in [5, 5.41) is 11.5. The SMILES string of the molecule is CCN(CC)S(=O)(=O)c1ccc(F)c(C(=O)Nc2cc(C#N)ccc2OC)c1. The first kappa shape index (κ1) is 21.3. The number of halogens is 1. The maximum Gasteiger partial charge on any atom is 0.258 e. The molecular weight excluding hydrogens is 385 g/mol. The molecule has 148 valence electrons. The fraction of sp³-hybridized carbons (Fsp3) is 0.263. The van der Waals surface area contributed by atoms with Crippen molar-refractivity contribution in [3.05, 3.63) is 53.3 Å². The molecule has 9 heteroatoms. The number of anilines is 1. The minimum absolute atomic E-state index is 0.169. The van der Waals surface area contributed by atoms with Crippen LogP contribution in [0.25, 0.3) is 0 Å². The number of nitrogens with one attached hydrogen (secondary N) is 1. The number of methoxy groups -OCH3 is 1. The van der Waals surface area contributed by atoms with Gasteiger partial charge in [0.15, 0.2) is 0 Å². The van der Waals surface area contributed by atoms with Gasteiger partial charge in [-0.3, -0.25) is 4.79 Å². The smallest absolute Gasteiger partial charge is 0.258 e. The van der Waals surface area contributed by atoms with E-state index in [0.717, 1.165) is 18.2 Å². The van der Waals surface area contributed by atoms with Crippen LogP contribution in [-0.4, -0.2) is 38.8 Å². The Labute approximate surface area is 163 Å². The summed E-state index contributed by atoms with van der Waals surface area (Å²) in [4.78, 5) is 12.4. The Kier molecular flexibility index (Phi) is 6.72. The second kappa shape index (κ2) is 8.82. The van der Waals surface area contributed by atoms with Crippen LogP contribution in [-0.2, 0) is 10.0 Å². The molecule has 0 saturated carbocycles. The van der Waals surface area contributed by atoms with Crippen molar-refractivity contribution in [2.24, 2.45) is 0 Å². The Balaban J connectivity index is 2.44. The van der Waals surface area contributed by atoms with Crippen LogP contribution in [0.3, 0.4) is 0 Å². The van der Waals surface area contributed by atoms with Gasteiger partial charge in [-0.15, -0.1) is 0 Å². The van der Waals surface area contributed by atoms with Crippen molar-refractivity contribution in [1.29, 1.82) is 5.26 Å². The number of hydrogen-bond donors (Lipinski definition) is 1. The third kappa shape index (κ3) is 4.30. The van der Waals surface area contributed by atoms with Crippen molar-refractivity contribution >= 4 is 21.6 Å². The molecule has 2 aromatic carbocycles. The Bertz CT molecular complexity index is 1030. The van der Waals surface area contributed by atoms with Crippen LogP contribution in [0.4, 0.5) is 10.1 Å². The lowest BCUT2D eigenvalue weighted by atomic mass is 10.1. The number of carbonyl (C=O) groups excluding carboxylic acids is 1. The van der Waals surface area contributed by atoms with Crippen LogP contribution in [0.15, 0.2) is 41.3 Å². The summed E-state index contributed by atoms with van der Waals surface area (Å²) in [7, 11) is -2.47. The normalized spacial score (nSPS) is 11.1. The van der Waals surface area contributed by atoms with Crippen molar-refractivity contribution in [3.63, 3.8) is 0 Å². The first-order valence-corrected chi connectivity index (χ1v) is 9.91. The van der Waals surface area contributed by atoms with E-state index in [0.29, 0.717) is 0 Å². The molecule has 0 aromatic heterocycles. The molecule has 0 aliphatic heterocycles. The lowest BCUT2D eigenvalue weighted by Gasteiger charge is -2.19. The van der Waals surface area contributed by atoms with Gasteiger partial charge in [0, 0.05) is 13.1 Å². The predicted molar refractivity (Wildman–Crippen MR) is 102 cm³/mol. The molecule has 7 nitrogen and oxygen atoms in total. The summed E-state index contributed by atoms with van der Waals surface area (Å²) < 4.78 is 45.9. The van der Waals surface area contributed by atoms with E-state index in [1.165, 1.54) is 29.6 Å². The molecule has 0 aliphatic carbocycles. The average Bonchev–Trinajstić information content (AvgIpc) is 2.68. The monoisotopic (exact) mass is 405 g/mol. The molecular formula is C19H20FN3O4S. The summed E-state index contributed by atoms with van der Waals surface area (Å²) >= 11 is 0. The van der Waals surface area contributed by atoms with Gasteiger partial charge in [0.05, 0.1) is 34.9 Å². The van der Waals surface area contributed by atoms with E-state index in [1.54, 1.807) is 13.8 Å². The van der Waals surface area contributed by atoms with Crippen molar-refractivity contribution in [2.45, 2.75) is 18.7 Å². The molecule has 1 N–H and O–H groups in total. The summed E-state index contributed by atoms with van der Waals surface area (Å²) in [6.07, 6.45) is 0. The zero-order valence-corrected chi connectivity index (χ0v) is 16.5. The molecule has 0 bridgehead atoms. The number of ether oxygens (including phenoxy) is 1. The molecule has 2 aromatic rings. The van der Waals surface area contributed by atoms with Gasteiger partial charge in [0.2, 0.25) is 10.0 Å². The van der Waals surface area contributed by atoms with Crippen molar-refractivity contribution in [2.75, 3.05) is 25.5 Å². The molecule has 0 saturated heterocycles. The molecule has 0 spiro atoms. The van der Waals surface area contributed by atoms with E-state index in [2.05, 4.69) is 5.32 Å². The number of carbonyl (C=O) groups is 1. The molecule has 0 aliphatic rings. The van der Waals surface area contributed by atoms with E-state index in [4.69, 9.17) is 10.00 Å². The standard InChI is InChI=1S/C19H20FN3O4S/c1-4-23(5-2)28(25,26)14-7-8-16(20)15(11-14)19(24)22-17-10-13(12-21)6-9-18(17)27-3/h6-11H,4-5H2,1-3H3,(H,22,24). The van der Waals surface area contributed by atoms with Gasteiger partial charge in [-0.1, -0.05) is 13.8 Å². The quantitative estimate of drug-likeness (QED) is 0.763. The molecule has 0 heterocycles. The Hall–Kier alpha value is -2.96. The van der Waals surface area contributed by atoms with Crippen LogP contribution in [0.1, 0.15) is 29.8 Å². The van der Waals surface area contributed by atoms with Gasteiger partial charge in [-0.25, -0.2) is 12.8 Å². The van der Waals surface area contributed by atoms with E-state index < -0.39 is 27.3 Å². The fourth-order valence-corrected chi connectivity index (χ4v) is 4.10. The summed E-state index contributed by atoms with van der Waals surface area (Å²) in [6, 6.07) is 9.37. The van der Waals surface area contributed by atoms with Crippen LogP contribution in [0.2, 0.25) is 0 Å². The van der Waals surface area contributed by atoms with Crippen molar-refractivity contribution < 1.29 is 22.3 Å². The minimum atomic E-state index is -3.85. The first-order chi connectivity index (χ1) is 13.3. The summed E-state index contributed by atoms with van der Waals surface area (Å²) in [5.41, 5.74) is 0.00929. The second-order valence-electron chi connectivity index (χ2n) is 5.71. The predicted octanol–water partition coefficient (Wildman–Crippen LogP) is 2.99. The Morgan fingerprint density at radius 3 is 2.46 bits per heavy atom. The zero-order chi connectivity index (χ0) is 20.9. The fourth-order valence-electron chi connectivity index (χ4n) is 2.62. The number of nitriles is 1. The van der Waals surface area contributed by atoms with E-state index >= 15 is 0 Å². The Morgan fingerprint density at radius 1 is 1.21 bits per heavy atom. The number of sulfonamides is 1. The number of hydrogen-bond acceptors (Lipinski definition) is 5. The van der Waals surface area contributed by atoms with Crippen LogP contribution in [0.5, 0.6) is 5.75 Å². The number of nitrogens with zero attached hydrogens (tertiary/aromatic N) is 2. The third-order valence-electron chi connectivity index (χ3n) is 4.10.